The van der Waals surface area contributed by atoms with E-state index in [0.29, 0.717) is 17.2 Å². The zero-order valence-electron chi connectivity index (χ0n) is 15.9. The number of carbonyl (C=O) groups is 2. The van der Waals surface area contributed by atoms with Crippen molar-refractivity contribution < 1.29 is 24.2 Å². The lowest BCUT2D eigenvalue weighted by Crippen LogP contribution is -2.45. The molecule has 0 saturated heterocycles. The smallest absolute Gasteiger partial charge is 0.249 e. The maximum absolute atomic E-state index is 12.5. The Morgan fingerprint density at radius 3 is 2.87 bits per heavy atom. The third kappa shape index (κ3) is 4.39. The molecule has 4 rings (SSSR count). The number of ether oxygens (including phenoxy) is 2. The molecule has 1 aliphatic heterocycles. The minimum Gasteiger partial charge on any atom is -0.454 e. The first-order valence-corrected chi connectivity index (χ1v) is 9.27. The van der Waals surface area contributed by atoms with Gasteiger partial charge in [-0.15, -0.1) is 0 Å². The fourth-order valence-electron chi connectivity index (χ4n) is 2.99. The van der Waals surface area contributed by atoms with Gasteiger partial charge in [-0.2, -0.15) is 0 Å². The zero-order valence-corrected chi connectivity index (χ0v) is 15.9. The largest absolute Gasteiger partial charge is 0.454 e. The van der Waals surface area contributed by atoms with Gasteiger partial charge in [0.2, 0.25) is 18.6 Å². The van der Waals surface area contributed by atoms with E-state index in [4.69, 9.17) is 9.47 Å². The number of pyridine rings is 1. The summed E-state index contributed by atoms with van der Waals surface area (Å²) in [5.74, 6) is 0.226. The molecular weight excluding hydrogens is 386 g/mol. The van der Waals surface area contributed by atoms with Crippen molar-refractivity contribution in [2.24, 2.45) is 0 Å². The molecule has 3 aromatic rings. The molecule has 0 saturated carbocycles. The molecule has 2 aromatic carbocycles. The highest BCUT2D eigenvalue weighted by Crippen LogP contribution is 2.32. The van der Waals surface area contributed by atoms with Crippen LogP contribution in [0.25, 0.3) is 17.0 Å². The number of rotatable bonds is 6. The highest BCUT2D eigenvalue weighted by Gasteiger charge is 2.19. The predicted molar refractivity (Wildman–Crippen MR) is 111 cm³/mol. The number of hydrogen-bond donors (Lipinski definition) is 3. The number of benzene rings is 2. The van der Waals surface area contributed by atoms with Gasteiger partial charge in [-0.05, 0) is 48.0 Å². The number of aliphatic hydroxyl groups is 1. The van der Waals surface area contributed by atoms with Crippen molar-refractivity contribution in [3.8, 4) is 11.5 Å². The van der Waals surface area contributed by atoms with E-state index < -0.39 is 24.5 Å². The fraction of sp³-hybridized carbons (Fsp3) is 0.136. The van der Waals surface area contributed by atoms with Crippen molar-refractivity contribution >= 4 is 34.5 Å². The van der Waals surface area contributed by atoms with Gasteiger partial charge in [-0.3, -0.25) is 14.6 Å². The van der Waals surface area contributed by atoms with Gasteiger partial charge in [-0.25, -0.2) is 0 Å². The van der Waals surface area contributed by atoms with E-state index in [0.717, 1.165) is 16.5 Å². The highest BCUT2D eigenvalue weighted by molar-refractivity contribution is 6.01. The Kier molecular flexibility index (Phi) is 5.58. The van der Waals surface area contributed by atoms with Crippen LogP contribution in [0, 0.1) is 0 Å². The lowest BCUT2D eigenvalue weighted by atomic mass is 10.2. The minimum absolute atomic E-state index is 0.171. The number of nitrogens with zero attached hydrogens (tertiary/aromatic N) is 1. The van der Waals surface area contributed by atoms with E-state index in [2.05, 4.69) is 15.6 Å². The molecule has 0 bridgehead atoms. The Bertz CT molecular complexity index is 1130. The molecule has 2 amide bonds. The van der Waals surface area contributed by atoms with Crippen LogP contribution in [0.15, 0.2) is 60.8 Å². The number of aromatic nitrogens is 1. The van der Waals surface area contributed by atoms with Crippen LogP contribution in [-0.4, -0.2) is 41.3 Å². The molecule has 2 heterocycles. The average Bonchev–Trinajstić information content (AvgIpc) is 3.23. The molecule has 8 heteroatoms. The van der Waals surface area contributed by atoms with Crippen LogP contribution in [0.3, 0.4) is 0 Å². The molecule has 0 radical (unpaired) electrons. The SMILES string of the molecule is O=C(C=Cc1ccc2c(c1)OCO2)N[C@@H](CO)C(=O)Nc1ccc2ncccc2c1. The number of nitrogens with one attached hydrogen (secondary N) is 2. The summed E-state index contributed by atoms with van der Waals surface area (Å²) in [6, 6.07) is 13.1. The molecule has 30 heavy (non-hydrogen) atoms. The van der Waals surface area contributed by atoms with Crippen molar-refractivity contribution in [1.82, 2.24) is 10.3 Å². The Morgan fingerprint density at radius 1 is 1.13 bits per heavy atom. The summed E-state index contributed by atoms with van der Waals surface area (Å²) in [7, 11) is 0. The summed E-state index contributed by atoms with van der Waals surface area (Å²) in [5.41, 5.74) is 2.09. The van der Waals surface area contributed by atoms with Crippen molar-refractivity contribution in [1.29, 1.82) is 0 Å². The number of amides is 2. The quantitative estimate of drug-likeness (QED) is 0.542. The normalized spacial score (nSPS) is 13.4. The highest BCUT2D eigenvalue weighted by atomic mass is 16.7. The van der Waals surface area contributed by atoms with Gasteiger partial charge in [0.1, 0.15) is 6.04 Å². The molecule has 3 N–H and O–H groups in total. The lowest BCUT2D eigenvalue weighted by Gasteiger charge is -2.15. The van der Waals surface area contributed by atoms with Crippen LogP contribution in [-0.2, 0) is 9.59 Å². The first-order chi connectivity index (χ1) is 14.6. The number of fused-ring (bicyclic) bond motifs is 2. The molecule has 1 aromatic heterocycles. The van der Waals surface area contributed by atoms with E-state index in [1.807, 2.05) is 6.07 Å². The van der Waals surface area contributed by atoms with Gasteiger partial charge < -0.3 is 25.2 Å². The summed E-state index contributed by atoms with van der Waals surface area (Å²) in [5, 5.41) is 15.6. The standard InChI is InChI=1S/C22H19N3O5/c26-12-18(22(28)24-16-5-6-17-15(11-16)2-1-9-23-17)25-21(27)8-4-14-3-7-19-20(10-14)30-13-29-19/h1-11,18,26H,12-13H2,(H,24,28)(H,25,27)/t18-/m0/s1. The summed E-state index contributed by atoms with van der Waals surface area (Å²) in [4.78, 5) is 28.9. The van der Waals surface area contributed by atoms with Crippen molar-refractivity contribution in [3.05, 3.63) is 66.4 Å². The van der Waals surface area contributed by atoms with Gasteiger partial charge in [0.15, 0.2) is 11.5 Å². The number of anilines is 1. The molecule has 8 nitrogen and oxygen atoms in total. The lowest BCUT2D eigenvalue weighted by molar-refractivity contribution is -0.124. The van der Waals surface area contributed by atoms with Crippen LogP contribution in [0.5, 0.6) is 11.5 Å². The molecule has 0 spiro atoms. The Morgan fingerprint density at radius 2 is 2.00 bits per heavy atom. The Balaban J connectivity index is 1.37. The molecule has 1 atom stereocenters. The Labute approximate surface area is 172 Å². The van der Waals surface area contributed by atoms with Gasteiger partial charge in [0.05, 0.1) is 12.1 Å². The van der Waals surface area contributed by atoms with Crippen LogP contribution >= 0.6 is 0 Å². The average molecular weight is 405 g/mol. The zero-order chi connectivity index (χ0) is 20.9. The van der Waals surface area contributed by atoms with Gasteiger partial charge in [-0.1, -0.05) is 12.1 Å². The first kappa shape index (κ1) is 19.4. The topological polar surface area (TPSA) is 110 Å². The second-order valence-corrected chi connectivity index (χ2v) is 6.59. The molecule has 0 unspecified atom stereocenters. The minimum atomic E-state index is -1.09. The van der Waals surface area contributed by atoms with Crippen LogP contribution < -0.4 is 20.1 Å². The van der Waals surface area contributed by atoms with Crippen molar-refractivity contribution in [2.75, 3.05) is 18.7 Å². The summed E-state index contributed by atoms with van der Waals surface area (Å²) in [6.07, 6.45) is 4.56. The van der Waals surface area contributed by atoms with Crippen LogP contribution in [0.1, 0.15) is 5.56 Å². The molecule has 152 valence electrons. The summed E-state index contributed by atoms with van der Waals surface area (Å²) in [6.45, 7) is -0.366. The predicted octanol–water partition coefficient (Wildman–Crippen LogP) is 2.09. The summed E-state index contributed by atoms with van der Waals surface area (Å²) < 4.78 is 10.5. The second-order valence-electron chi connectivity index (χ2n) is 6.59. The molecule has 0 aliphatic carbocycles. The van der Waals surface area contributed by atoms with Gasteiger partial charge >= 0.3 is 0 Å². The van der Waals surface area contributed by atoms with Crippen molar-refractivity contribution in [3.63, 3.8) is 0 Å². The third-order valence-electron chi connectivity index (χ3n) is 4.51. The maximum Gasteiger partial charge on any atom is 0.249 e. The van der Waals surface area contributed by atoms with E-state index >= 15 is 0 Å². The monoisotopic (exact) mass is 405 g/mol. The van der Waals surface area contributed by atoms with E-state index in [-0.39, 0.29) is 6.79 Å². The van der Waals surface area contributed by atoms with Crippen molar-refractivity contribution in [2.45, 2.75) is 6.04 Å². The van der Waals surface area contributed by atoms with Gasteiger partial charge in [0, 0.05) is 23.3 Å². The molecule has 0 fully saturated rings. The molecule has 1 aliphatic rings. The first-order valence-electron chi connectivity index (χ1n) is 9.27. The molecular formula is C22H19N3O5. The maximum atomic E-state index is 12.5. The fourth-order valence-corrected chi connectivity index (χ4v) is 2.99. The number of aliphatic hydroxyl groups excluding tert-OH is 1. The Hall–Kier alpha value is -3.91. The second kappa shape index (κ2) is 8.62. The van der Waals surface area contributed by atoms with E-state index in [1.165, 1.54) is 6.08 Å². The van der Waals surface area contributed by atoms with Gasteiger partial charge in [0.25, 0.3) is 0 Å². The summed E-state index contributed by atoms with van der Waals surface area (Å²) >= 11 is 0. The number of carbonyl (C=O) groups excluding carboxylic acids is 2. The van der Waals surface area contributed by atoms with E-state index in [1.54, 1.807) is 54.7 Å². The third-order valence-corrected chi connectivity index (χ3v) is 4.51. The number of hydrogen-bond acceptors (Lipinski definition) is 6. The van der Waals surface area contributed by atoms with Crippen LogP contribution in [0.2, 0.25) is 0 Å². The van der Waals surface area contributed by atoms with E-state index in [9.17, 15) is 14.7 Å². The van der Waals surface area contributed by atoms with Crippen LogP contribution in [0.4, 0.5) is 5.69 Å².